The SMILES string of the molecule is Cc1nn(C)c(N2CCNC(=O)CC2)c1CNC(C)(C)C. The van der Waals surface area contributed by atoms with Gasteiger partial charge >= 0.3 is 0 Å². The molecule has 1 aliphatic heterocycles. The molecule has 0 unspecified atom stereocenters. The van der Waals surface area contributed by atoms with Crippen LogP contribution in [-0.2, 0) is 18.4 Å². The fraction of sp³-hybridized carbons (Fsp3) is 0.733. The minimum Gasteiger partial charge on any atom is -0.354 e. The normalized spacial score (nSPS) is 16.8. The molecule has 0 bridgehead atoms. The molecule has 1 saturated heterocycles. The van der Waals surface area contributed by atoms with Crippen LogP contribution >= 0.6 is 0 Å². The maximum absolute atomic E-state index is 11.5. The van der Waals surface area contributed by atoms with E-state index in [0.717, 1.165) is 31.1 Å². The Morgan fingerprint density at radius 3 is 2.71 bits per heavy atom. The number of aromatic nitrogens is 2. The zero-order chi connectivity index (χ0) is 15.6. The lowest BCUT2D eigenvalue weighted by Gasteiger charge is -2.25. The summed E-state index contributed by atoms with van der Waals surface area (Å²) in [7, 11) is 1.98. The van der Waals surface area contributed by atoms with Crippen LogP contribution in [0, 0.1) is 6.92 Å². The molecule has 6 heteroatoms. The average Bonchev–Trinajstić information content (AvgIpc) is 2.52. The van der Waals surface area contributed by atoms with Gasteiger partial charge in [0.1, 0.15) is 5.82 Å². The van der Waals surface area contributed by atoms with Crippen molar-refractivity contribution in [1.29, 1.82) is 0 Å². The number of rotatable bonds is 3. The van der Waals surface area contributed by atoms with Crippen molar-refractivity contribution in [2.24, 2.45) is 7.05 Å². The Hall–Kier alpha value is -1.56. The highest BCUT2D eigenvalue weighted by Crippen LogP contribution is 2.24. The number of anilines is 1. The maximum atomic E-state index is 11.5. The number of carbonyl (C=O) groups is 1. The highest BCUT2D eigenvalue weighted by Gasteiger charge is 2.22. The second-order valence-electron chi connectivity index (χ2n) is 6.70. The molecule has 21 heavy (non-hydrogen) atoms. The van der Waals surface area contributed by atoms with Gasteiger partial charge in [-0.2, -0.15) is 5.10 Å². The van der Waals surface area contributed by atoms with E-state index in [-0.39, 0.29) is 11.4 Å². The molecule has 0 saturated carbocycles. The van der Waals surface area contributed by atoms with E-state index >= 15 is 0 Å². The molecule has 118 valence electrons. The summed E-state index contributed by atoms with van der Waals surface area (Å²) in [6.07, 6.45) is 0.538. The standard InChI is InChI=1S/C15H27N5O/c1-11-12(10-17-15(2,3)4)14(19(5)18-11)20-8-6-13(21)16-7-9-20/h17H,6-10H2,1-5H3,(H,16,21). The Morgan fingerprint density at radius 2 is 2.05 bits per heavy atom. The van der Waals surface area contributed by atoms with Gasteiger partial charge in [-0.05, 0) is 27.7 Å². The quantitative estimate of drug-likeness (QED) is 0.871. The van der Waals surface area contributed by atoms with Crippen LogP contribution in [0.15, 0.2) is 0 Å². The van der Waals surface area contributed by atoms with Crippen LogP contribution in [0.3, 0.4) is 0 Å². The summed E-state index contributed by atoms with van der Waals surface area (Å²) >= 11 is 0. The van der Waals surface area contributed by atoms with E-state index in [0.29, 0.717) is 13.0 Å². The molecule has 1 aromatic rings. The summed E-state index contributed by atoms with van der Waals surface area (Å²) < 4.78 is 1.94. The van der Waals surface area contributed by atoms with Gasteiger partial charge in [0.05, 0.1) is 5.69 Å². The van der Waals surface area contributed by atoms with Crippen molar-refractivity contribution in [1.82, 2.24) is 20.4 Å². The topological polar surface area (TPSA) is 62.2 Å². The van der Waals surface area contributed by atoms with Crippen molar-refractivity contribution in [2.45, 2.75) is 46.2 Å². The number of hydrogen-bond donors (Lipinski definition) is 2. The molecule has 0 spiro atoms. The molecule has 1 aromatic heterocycles. The van der Waals surface area contributed by atoms with Crippen LogP contribution in [0.5, 0.6) is 0 Å². The zero-order valence-electron chi connectivity index (χ0n) is 13.8. The second kappa shape index (κ2) is 6.05. The van der Waals surface area contributed by atoms with E-state index < -0.39 is 0 Å². The predicted molar refractivity (Wildman–Crippen MR) is 84.4 cm³/mol. The van der Waals surface area contributed by atoms with Crippen molar-refractivity contribution in [2.75, 3.05) is 24.5 Å². The zero-order valence-corrected chi connectivity index (χ0v) is 13.8. The van der Waals surface area contributed by atoms with Crippen molar-refractivity contribution in [3.63, 3.8) is 0 Å². The molecule has 0 radical (unpaired) electrons. The number of hydrogen-bond acceptors (Lipinski definition) is 4. The average molecular weight is 293 g/mol. The molecule has 2 N–H and O–H groups in total. The molecule has 2 heterocycles. The first-order chi connectivity index (χ1) is 9.78. The van der Waals surface area contributed by atoms with E-state index in [4.69, 9.17) is 0 Å². The van der Waals surface area contributed by atoms with Crippen LogP contribution in [0.4, 0.5) is 5.82 Å². The summed E-state index contributed by atoms with van der Waals surface area (Å²) in [6.45, 7) is 11.6. The Bertz CT molecular complexity index is 515. The lowest BCUT2D eigenvalue weighted by Crippen LogP contribution is -2.36. The summed E-state index contributed by atoms with van der Waals surface area (Å²) in [5.74, 6) is 1.26. The minimum absolute atomic E-state index is 0.0653. The van der Waals surface area contributed by atoms with Gasteiger partial charge in [-0.25, -0.2) is 0 Å². The molecule has 1 aliphatic rings. The van der Waals surface area contributed by atoms with Crippen LogP contribution in [0.2, 0.25) is 0 Å². The van der Waals surface area contributed by atoms with Gasteiger partial charge < -0.3 is 15.5 Å². The van der Waals surface area contributed by atoms with Gasteiger partial charge in [-0.15, -0.1) is 0 Å². The van der Waals surface area contributed by atoms with E-state index in [1.165, 1.54) is 5.56 Å². The van der Waals surface area contributed by atoms with Crippen LogP contribution < -0.4 is 15.5 Å². The van der Waals surface area contributed by atoms with Crippen molar-refractivity contribution >= 4 is 11.7 Å². The summed E-state index contributed by atoms with van der Waals surface area (Å²) in [4.78, 5) is 13.8. The minimum atomic E-state index is 0.0653. The summed E-state index contributed by atoms with van der Waals surface area (Å²) in [5.41, 5.74) is 2.34. The third-order valence-corrected chi connectivity index (χ3v) is 3.72. The fourth-order valence-electron chi connectivity index (χ4n) is 2.62. The molecule has 0 aromatic carbocycles. The van der Waals surface area contributed by atoms with E-state index in [1.54, 1.807) is 0 Å². The molecule has 2 rings (SSSR count). The Labute approximate surface area is 126 Å². The van der Waals surface area contributed by atoms with Gasteiger partial charge in [0.15, 0.2) is 0 Å². The molecule has 0 aliphatic carbocycles. The van der Waals surface area contributed by atoms with Crippen LogP contribution in [0.1, 0.15) is 38.4 Å². The number of nitrogens with one attached hydrogen (secondary N) is 2. The number of aryl methyl sites for hydroxylation is 2. The maximum Gasteiger partial charge on any atom is 0.221 e. The van der Waals surface area contributed by atoms with Crippen molar-refractivity contribution in [3.8, 4) is 0 Å². The Kier molecular flexibility index (Phi) is 4.56. The molecular weight excluding hydrogens is 266 g/mol. The predicted octanol–water partition coefficient (Wildman–Crippen LogP) is 0.943. The largest absolute Gasteiger partial charge is 0.354 e. The van der Waals surface area contributed by atoms with Gasteiger partial charge in [0, 0.05) is 50.7 Å². The monoisotopic (exact) mass is 293 g/mol. The van der Waals surface area contributed by atoms with E-state index in [1.807, 2.05) is 18.7 Å². The summed E-state index contributed by atoms with van der Waals surface area (Å²) in [6, 6.07) is 0. The number of amides is 1. The first-order valence-corrected chi connectivity index (χ1v) is 7.57. The fourth-order valence-corrected chi connectivity index (χ4v) is 2.62. The van der Waals surface area contributed by atoms with Crippen molar-refractivity contribution < 1.29 is 4.79 Å². The Morgan fingerprint density at radius 1 is 1.33 bits per heavy atom. The number of nitrogens with zero attached hydrogens (tertiary/aromatic N) is 3. The first kappa shape index (κ1) is 15.8. The highest BCUT2D eigenvalue weighted by molar-refractivity contribution is 5.77. The van der Waals surface area contributed by atoms with Crippen molar-refractivity contribution in [3.05, 3.63) is 11.3 Å². The second-order valence-corrected chi connectivity index (χ2v) is 6.70. The summed E-state index contributed by atoms with van der Waals surface area (Å²) in [5, 5.41) is 11.0. The van der Waals surface area contributed by atoms with Gasteiger partial charge in [-0.1, -0.05) is 0 Å². The van der Waals surface area contributed by atoms with E-state index in [9.17, 15) is 4.79 Å². The molecule has 1 amide bonds. The third-order valence-electron chi connectivity index (χ3n) is 3.72. The van der Waals surface area contributed by atoms with E-state index in [2.05, 4.69) is 41.4 Å². The smallest absolute Gasteiger partial charge is 0.221 e. The van der Waals surface area contributed by atoms with Gasteiger partial charge in [-0.3, -0.25) is 9.48 Å². The molecule has 1 fully saturated rings. The molecule has 0 atom stereocenters. The van der Waals surface area contributed by atoms with Crippen LogP contribution in [-0.4, -0.2) is 40.9 Å². The van der Waals surface area contributed by atoms with Gasteiger partial charge in [0.25, 0.3) is 0 Å². The highest BCUT2D eigenvalue weighted by atomic mass is 16.1. The Balaban J connectivity index is 2.23. The molecule has 6 nitrogen and oxygen atoms in total. The number of carbonyl (C=O) groups excluding carboxylic acids is 1. The third kappa shape index (κ3) is 3.97. The van der Waals surface area contributed by atoms with Gasteiger partial charge in [0.2, 0.25) is 5.91 Å². The first-order valence-electron chi connectivity index (χ1n) is 7.57. The van der Waals surface area contributed by atoms with Crippen LogP contribution in [0.25, 0.3) is 0 Å². The molecular formula is C15H27N5O. The lowest BCUT2D eigenvalue weighted by atomic mass is 10.1. The lowest BCUT2D eigenvalue weighted by molar-refractivity contribution is -0.120.